The fraction of sp³-hybridized carbons (Fsp3) is 0.167. The van der Waals surface area contributed by atoms with Crippen molar-refractivity contribution in [1.29, 1.82) is 0 Å². The first-order valence-electron chi connectivity index (χ1n) is 2.96. The molecule has 1 heterocycles. The van der Waals surface area contributed by atoms with Gasteiger partial charge in [-0.15, -0.1) is 0 Å². The molecule has 52 valence electrons. The quantitative estimate of drug-likeness (QED) is 0.420. The van der Waals surface area contributed by atoms with Gasteiger partial charge in [-0.3, -0.25) is 0 Å². The molecule has 1 rings (SSSR count). The van der Waals surface area contributed by atoms with Crippen molar-refractivity contribution in [2.24, 2.45) is 0 Å². The van der Waals surface area contributed by atoms with E-state index < -0.39 is 5.95 Å². The van der Waals surface area contributed by atoms with E-state index in [-0.39, 0.29) is 12.9 Å². The van der Waals surface area contributed by atoms with Gasteiger partial charge in [0.15, 0.2) is 0 Å². The molecule has 0 unspecified atom stereocenters. The zero-order chi connectivity index (χ0) is 7.56. The van der Waals surface area contributed by atoms with Crippen LogP contribution in [0.3, 0.4) is 0 Å². The molecular weight excluding hydrogens is 132 g/mol. The van der Waals surface area contributed by atoms with Crippen molar-refractivity contribution in [2.45, 2.75) is 6.92 Å². The molecule has 0 aromatic carbocycles. The Labute approximate surface area is 59.0 Å². The third kappa shape index (κ3) is 1.33. The molecule has 1 aromatic rings. The van der Waals surface area contributed by atoms with E-state index in [0.29, 0.717) is 0 Å². The van der Waals surface area contributed by atoms with Crippen LogP contribution < -0.4 is 5.46 Å². The zero-order valence-corrected chi connectivity index (χ0v) is 5.63. The molecule has 4 heteroatoms. The maximum absolute atomic E-state index is 12.5. The maximum atomic E-state index is 12.5. The minimum Gasteiger partial charge on any atom is -0.449 e. The van der Waals surface area contributed by atoms with E-state index in [1.54, 1.807) is 13.0 Å². The monoisotopic (exact) mass is 139 g/mol. The molecule has 0 radical (unpaired) electrons. The van der Waals surface area contributed by atoms with Crippen molar-refractivity contribution in [1.82, 2.24) is 4.98 Å². The summed E-state index contributed by atoms with van der Waals surface area (Å²) < 4.78 is 12.5. The lowest BCUT2D eigenvalue weighted by atomic mass is 9.89. The Morgan fingerprint density at radius 2 is 2.40 bits per heavy atom. The number of pyridine rings is 1. The van der Waals surface area contributed by atoms with Crippen LogP contribution in [0.15, 0.2) is 12.3 Å². The molecule has 0 aliphatic carbocycles. The van der Waals surface area contributed by atoms with Gasteiger partial charge in [-0.05, 0) is 12.5 Å². The second-order valence-corrected chi connectivity index (χ2v) is 2.12. The minimum absolute atomic E-state index is 0.250. The molecule has 2 nitrogen and oxygen atoms in total. The standard InChI is InChI=1S/C6H7BFNO/c1-4-2-5(7-10)6(8)9-3-4/h2-3,7,10H,1H3. The fourth-order valence-electron chi connectivity index (χ4n) is 0.724. The summed E-state index contributed by atoms with van der Waals surface area (Å²) in [5.41, 5.74) is 1.10. The summed E-state index contributed by atoms with van der Waals surface area (Å²) in [7, 11) is -0.291. The second kappa shape index (κ2) is 2.79. The molecule has 1 aromatic heterocycles. The molecule has 0 amide bonds. The van der Waals surface area contributed by atoms with Gasteiger partial charge in [-0.25, -0.2) is 4.98 Å². The molecular formula is C6H7BFNO. The first-order chi connectivity index (χ1) is 4.74. The number of aromatic nitrogens is 1. The number of halogens is 1. The Morgan fingerprint density at radius 3 is 2.90 bits per heavy atom. The summed E-state index contributed by atoms with van der Waals surface area (Å²) in [6.07, 6.45) is 1.43. The van der Waals surface area contributed by atoms with Gasteiger partial charge in [0.2, 0.25) is 5.95 Å². The summed E-state index contributed by atoms with van der Waals surface area (Å²) in [6.45, 7) is 1.80. The normalized spacial score (nSPS) is 9.50. The summed E-state index contributed by atoms with van der Waals surface area (Å²) >= 11 is 0. The van der Waals surface area contributed by atoms with Gasteiger partial charge in [0.05, 0.1) is 0 Å². The van der Waals surface area contributed by atoms with Gasteiger partial charge < -0.3 is 5.02 Å². The largest absolute Gasteiger partial charge is 0.449 e. The van der Waals surface area contributed by atoms with Crippen molar-refractivity contribution in [3.05, 3.63) is 23.8 Å². The molecule has 0 atom stereocenters. The summed E-state index contributed by atoms with van der Waals surface area (Å²) in [5, 5.41) is 8.56. The van der Waals surface area contributed by atoms with E-state index in [1.165, 1.54) is 6.20 Å². The molecule has 0 aliphatic rings. The van der Waals surface area contributed by atoms with Crippen molar-refractivity contribution in [3.63, 3.8) is 0 Å². The second-order valence-electron chi connectivity index (χ2n) is 2.12. The predicted molar refractivity (Wildman–Crippen MR) is 37.9 cm³/mol. The molecule has 0 spiro atoms. The van der Waals surface area contributed by atoms with Crippen molar-refractivity contribution < 1.29 is 9.41 Å². The SMILES string of the molecule is Cc1cnc(F)c(BO)c1. The maximum Gasteiger partial charge on any atom is 0.309 e. The van der Waals surface area contributed by atoms with E-state index in [4.69, 9.17) is 5.02 Å². The van der Waals surface area contributed by atoms with E-state index >= 15 is 0 Å². The van der Waals surface area contributed by atoms with Crippen molar-refractivity contribution in [3.8, 4) is 0 Å². The van der Waals surface area contributed by atoms with Crippen LogP contribution in [0.4, 0.5) is 4.39 Å². The zero-order valence-electron chi connectivity index (χ0n) is 5.63. The molecule has 10 heavy (non-hydrogen) atoms. The lowest BCUT2D eigenvalue weighted by molar-refractivity contribution is 0.578. The Bertz CT molecular complexity index is 241. The number of rotatable bonds is 1. The van der Waals surface area contributed by atoms with Crippen LogP contribution in [0.1, 0.15) is 5.56 Å². The highest BCUT2D eigenvalue weighted by molar-refractivity contribution is 6.45. The van der Waals surface area contributed by atoms with Crippen LogP contribution in [0.25, 0.3) is 0 Å². The van der Waals surface area contributed by atoms with E-state index in [1.807, 2.05) is 0 Å². The van der Waals surface area contributed by atoms with Crippen LogP contribution in [-0.2, 0) is 0 Å². The van der Waals surface area contributed by atoms with Crippen molar-refractivity contribution in [2.75, 3.05) is 0 Å². The van der Waals surface area contributed by atoms with Crippen molar-refractivity contribution >= 4 is 12.9 Å². The van der Waals surface area contributed by atoms with E-state index in [0.717, 1.165) is 5.56 Å². The first-order valence-corrected chi connectivity index (χ1v) is 2.96. The van der Waals surface area contributed by atoms with Crippen LogP contribution in [0, 0.1) is 12.9 Å². The van der Waals surface area contributed by atoms with Crippen LogP contribution in [0.2, 0.25) is 0 Å². The van der Waals surface area contributed by atoms with Crippen LogP contribution >= 0.6 is 0 Å². The molecule has 0 bridgehead atoms. The molecule has 1 N–H and O–H groups in total. The predicted octanol–water partition coefficient (Wildman–Crippen LogP) is -0.502. The average Bonchev–Trinajstić information content (AvgIpc) is 1.94. The van der Waals surface area contributed by atoms with Crippen LogP contribution in [-0.4, -0.2) is 17.5 Å². The van der Waals surface area contributed by atoms with Crippen LogP contribution in [0.5, 0.6) is 0 Å². The highest BCUT2D eigenvalue weighted by Crippen LogP contribution is 1.92. The van der Waals surface area contributed by atoms with Gasteiger partial charge in [-0.2, -0.15) is 4.39 Å². The summed E-state index contributed by atoms with van der Waals surface area (Å²) in [6, 6.07) is 1.57. The Morgan fingerprint density at radius 1 is 1.70 bits per heavy atom. The van der Waals surface area contributed by atoms with Gasteiger partial charge in [-0.1, -0.05) is 6.07 Å². The Balaban J connectivity index is 3.09. The third-order valence-corrected chi connectivity index (χ3v) is 1.22. The Kier molecular flexibility index (Phi) is 2.01. The molecule has 0 fully saturated rings. The minimum atomic E-state index is -0.590. The number of hydrogen-bond donors (Lipinski definition) is 1. The Hall–Kier alpha value is -0.895. The topological polar surface area (TPSA) is 33.1 Å². The highest BCUT2D eigenvalue weighted by atomic mass is 19.1. The van der Waals surface area contributed by atoms with Gasteiger partial charge in [0, 0.05) is 11.7 Å². The fourth-order valence-corrected chi connectivity index (χ4v) is 0.724. The number of aryl methyl sites for hydroxylation is 1. The molecule has 0 saturated heterocycles. The van der Waals surface area contributed by atoms with Gasteiger partial charge in [0.1, 0.15) is 0 Å². The number of nitrogens with zero attached hydrogens (tertiary/aromatic N) is 1. The van der Waals surface area contributed by atoms with Gasteiger partial charge >= 0.3 is 7.48 Å². The number of hydrogen-bond acceptors (Lipinski definition) is 2. The summed E-state index contributed by atoms with van der Waals surface area (Å²) in [5.74, 6) is -0.590. The lowest BCUT2D eigenvalue weighted by Crippen LogP contribution is -2.19. The average molecular weight is 139 g/mol. The van der Waals surface area contributed by atoms with E-state index in [9.17, 15) is 4.39 Å². The van der Waals surface area contributed by atoms with Gasteiger partial charge in [0.25, 0.3) is 0 Å². The van der Waals surface area contributed by atoms with E-state index in [2.05, 4.69) is 4.98 Å². The lowest BCUT2D eigenvalue weighted by Gasteiger charge is -1.96. The molecule has 0 saturated carbocycles. The molecule has 0 aliphatic heterocycles. The highest BCUT2D eigenvalue weighted by Gasteiger charge is 2.01. The smallest absolute Gasteiger partial charge is 0.309 e. The summed E-state index contributed by atoms with van der Waals surface area (Å²) in [4.78, 5) is 3.42. The first kappa shape index (κ1) is 7.21. The third-order valence-electron chi connectivity index (χ3n) is 1.22.